The van der Waals surface area contributed by atoms with Gasteiger partial charge in [0.2, 0.25) is 0 Å². The van der Waals surface area contributed by atoms with E-state index in [0.717, 1.165) is 10.7 Å². The van der Waals surface area contributed by atoms with Crippen molar-refractivity contribution < 1.29 is 5.11 Å². The quantitative estimate of drug-likeness (QED) is 0.907. The molecule has 1 aliphatic carbocycles. The van der Waals surface area contributed by atoms with Gasteiger partial charge in [-0.15, -0.1) is 0 Å². The van der Waals surface area contributed by atoms with Crippen molar-refractivity contribution in [2.75, 3.05) is 18.2 Å². The summed E-state index contributed by atoms with van der Waals surface area (Å²) in [5, 5.41) is 15.1. The Hall–Kier alpha value is -1.26. The van der Waals surface area contributed by atoms with E-state index in [0.29, 0.717) is 25.0 Å². The second-order valence-corrected chi connectivity index (χ2v) is 6.14. The van der Waals surface area contributed by atoms with Gasteiger partial charge in [-0.3, -0.25) is 15.0 Å². The minimum atomic E-state index is -0.318. The van der Waals surface area contributed by atoms with Gasteiger partial charge in [0.05, 0.1) is 18.3 Å². The molecule has 1 fully saturated rings. The largest absolute Gasteiger partial charge is 0.391 e. The molecule has 0 bridgehead atoms. The van der Waals surface area contributed by atoms with Gasteiger partial charge >= 0.3 is 0 Å². The van der Waals surface area contributed by atoms with Crippen LogP contribution in [0.2, 0.25) is 5.02 Å². The number of hydrazine groups is 1. The predicted molar refractivity (Wildman–Crippen MR) is 81.9 cm³/mol. The summed E-state index contributed by atoms with van der Waals surface area (Å²) in [6.45, 7) is 3.32. The topological polar surface area (TPSA) is 39.1 Å². The summed E-state index contributed by atoms with van der Waals surface area (Å²) in [5.74, 6) is 1.06. The Morgan fingerprint density at radius 2 is 2.05 bits per heavy atom. The van der Waals surface area contributed by atoms with Crippen molar-refractivity contribution in [2.45, 2.75) is 25.9 Å². The maximum absolute atomic E-state index is 10.3. The Kier molecular flexibility index (Phi) is 3.85. The first kappa shape index (κ1) is 13.7. The first-order chi connectivity index (χ1) is 9.65. The zero-order chi connectivity index (χ0) is 14.1. The maximum Gasteiger partial charge on any atom is 0.131 e. The predicted octanol–water partition coefficient (Wildman–Crippen LogP) is 2.77. The summed E-state index contributed by atoms with van der Waals surface area (Å²) in [5.41, 5.74) is 1.04. The fourth-order valence-corrected chi connectivity index (χ4v) is 2.76. The van der Waals surface area contributed by atoms with Gasteiger partial charge in [-0.1, -0.05) is 18.5 Å². The van der Waals surface area contributed by atoms with Crippen LogP contribution in [-0.4, -0.2) is 35.8 Å². The molecule has 5 heteroatoms. The Labute approximate surface area is 124 Å². The highest BCUT2D eigenvalue weighted by atomic mass is 35.5. The van der Waals surface area contributed by atoms with Crippen LogP contribution in [0.5, 0.6) is 0 Å². The van der Waals surface area contributed by atoms with Crippen LogP contribution in [0.4, 0.5) is 5.69 Å². The van der Waals surface area contributed by atoms with Gasteiger partial charge < -0.3 is 5.11 Å². The van der Waals surface area contributed by atoms with Crippen molar-refractivity contribution in [1.82, 2.24) is 5.01 Å². The zero-order valence-corrected chi connectivity index (χ0v) is 12.4. The fraction of sp³-hybridized carbons (Fsp3) is 0.533. The van der Waals surface area contributed by atoms with Crippen LogP contribution in [0, 0.1) is 11.8 Å². The Morgan fingerprint density at radius 1 is 1.35 bits per heavy atom. The molecule has 2 atom stereocenters. The van der Waals surface area contributed by atoms with Gasteiger partial charge in [0.15, 0.2) is 0 Å². The standard InChI is InChI=1S/C15H20ClN3O/c1-11(12-2-3-12)15(20)8-18-9-17-10-19(18)14-6-4-13(16)5-7-14/h4-7,9,11-12,15,20H,2-3,8,10H2,1H3. The van der Waals surface area contributed by atoms with Crippen molar-refractivity contribution in [1.29, 1.82) is 0 Å². The molecule has 4 nitrogen and oxygen atoms in total. The molecule has 1 saturated carbocycles. The summed E-state index contributed by atoms with van der Waals surface area (Å²) in [6, 6.07) is 7.69. The zero-order valence-electron chi connectivity index (χ0n) is 11.6. The molecule has 3 rings (SSSR count). The average molecular weight is 294 g/mol. The number of aliphatic imine (C=N–C) groups is 1. The molecule has 2 aliphatic rings. The van der Waals surface area contributed by atoms with E-state index in [9.17, 15) is 5.11 Å². The van der Waals surface area contributed by atoms with Crippen LogP contribution >= 0.6 is 11.6 Å². The van der Waals surface area contributed by atoms with Crippen molar-refractivity contribution in [3.05, 3.63) is 29.3 Å². The first-order valence-electron chi connectivity index (χ1n) is 7.13. The van der Waals surface area contributed by atoms with E-state index in [1.807, 2.05) is 29.3 Å². The van der Waals surface area contributed by atoms with Gasteiger partial charge in [0.1, 0.15) is 13.0 Å². The summed E-state index contributed by atoms with van der Waals surface area (Å²) >= 11 is 5.92. The third-order valence-corrected chi connectivity index (χ3v) is 4.46. The van der Waals surface area contributed by atoms with Crippen molar-refractivity contribution in [3.8, 4) is 0 Å². The molecule has 1 aromatic carbocycles. The van der Waals surface area contributed by atoms with Crippen molar-refractivity contribution in [3.63, 3.8) is 0 Å². The lowest BCUT2D eigenvalue weighted by atomic mass is 9.99. The summed E-state index contributed by atoms with van der Waals surface area (Å²) in [4.78, 5) is 4.30. The van der Waals surface area contributed by atoms with E-state index in [1.54, 1.807) is 6.34 Å². The summed E-state index contributed by atoms with van der Waals surface area (Å²) < 4.78 is 0. The Bertz CT molecular complexity index is 486. The van der Waals surface area contributed by atoms with Crippen LogP contribution < -0.4 is 5.01 Å². The number of anilines is 1. The number of aliphatic hydroxyl groups is 1. The van der Waals surface area contributed by atoms with Gasteiger partial charge in [0, 0.05) is 5.02 Å². The molecular formula is C15H20ClN3O. The molecule has 0 saturated heterocycles. The van der Waals surface area contributed by atoms with E-state index in [4.69, 9.17) is 11.6 Å². The number of hydrogen-bond acceptors (Lipinski definition) is 4. The van der Waals surface area contributed by atoms with E-state index < -0.39 is 0 Å². The lowest BCUT2D eigenvalue weighted by molar-refractivity contribution is 0.0822. The second-order valence-electron chi connectivity index (χ2n) is 5.70. The highest BCUT2D eigenvalue weighted by Crippen LogP contribution is 2.38. The van der Waals surface area contributed by atoms with E-state index >= 15 is 0 Å². The number of benzene rings is 1. The second kappa shape index (κ2) is 5.62. The lowest BCUT2D eigenvalue weighted by Gasteiger charge is -2.32. The van der Waals surface area contributed by atoms with Crippen LogP contribution in [0.1, 0.15) is 19.8 Å². The molecule has 0 amide bonds. The molecule has 20 heavy (non-hydrogen) atoms. The summed E-state index contributed by atoms with van der Waals surface area (Å²) in [7, 11) is 0. The SMILES string of the molecule is CC(C(O)CN1C=NCN1c1ccc(Cl)cc1)C1CC1. The molecule has 0 radical (unpaired) electrons. The number of hydrogen-bond donors (Lipinski definition) is 1. The van der Waals surface area contributed by atoms with E-state index in [1.165, 1.54) is 12.8 Å². The van der Waals surface area contributed by atoms with Crippen molar-refractivity contribution in [2.24, 2.45) is 16.8 Å². The van der Waals surface area contributed by atoms with Gasteiger partial charge in [-0.05, 0) is 48.9 Å². The maximum atomic E-state index is 10.3. The number of halogens is 1. The molecule has 2 unspecified atom stereocenters. The highest BCUT2D eigenvalue weighted by Gasteiger charge is 2.34. The Balaban J connectivity index is 1.65. The lowest BCUT2D eigenvalue weighted by Crippen LogP contribution is -2.44. The minimum absolute atomic E-state index is 0.318. The van der Waals surface area contributed by atoms with E-state index in [2.05, 4.69) is 16.9 Å². The van der Waals surface area contributed by atoms with Gasteiger partial charge in [0.25, 0.3) is 0 Å². The number of nitrogens with zero attached hydrogens (tertiary/aromatic N) is 3. The van der Waals surface area contributed by atoms with Crippen LogP contribution in [0.15, 0.2) is 29.3 Å². The molecule has 0 aromatic heterocycles. The molecule has 1 N–H and O–H groups in total. The van der Waals surface area contributed by atoms with Gasteiger partial charge in [-0.2, -0.15) is 0 Å². The first-order valence-corrected chi connectivity index (χ1v) is 7.50. The Morgan fingerprint density at radius 3 is 2.70 bits per heavy atom. The number of β-amino-alcohol motifs (C(OH)–C–C–N with tert-alkyl or cyclic N) is 1. The van der Waals surface area contributed by atoms with Gasteiger partial charge in [-0.25, -0.2) is 0 Å². The minimum Gasteiger partial charge on any atom is -0.391 e. The average Bonchev–Trinajstić information content (AvgIpc) is 3.20. The van der Waals surface area contributed by atoms with Crippen molar-refractivity contribution >= 4 is 23.6 Å². The normalized spacial score (nSPS) is 21.4. The van der Waals surface area contributed by atoms with Crippen LogP contribution in [0.25, 0.3) is 0 Å². The third kappa shape index (κ3) is 2.91. The fourth-order valence-electron chi connectivity index (χ4n) is 2.63. The third-order valence-electron chi connectivity index (χ3n) is 4.21. The summed E-state index contributed by atoms with van der Waals surface area (Å²) in [6.07, 6.45) is 4.00. The molecule has 0 spiro atoms. The molecule has 1 aromatic rings. The smallest absolute Gasteiger partial charge is 0.131 e. The monoisotopic (exact) mass is 293 g/mol. The molecule has 1 aliphatic heterocycles. The van der Waals surface area contributed by atoms with E-state index in [-0.39, 0.29) is 6.10 Å². The van der Waals surface area contributed by atoms with Crippen LogP contribution in [0.3, 0.4) is 0 Å². The molecule has 1 heterocycles. The number of rotatable bonds is 5. The number of aliphatic hydroxyl groups excluding tert-OH is 1. The highest BCUT2D eigenvalue weighted by molar-refractivity contribution is 6.30. The van der Waals surface area contributed by atoms with Crippen LogP contribution in [-0.2, 0) is 0 Å². The molecular weight excluding hydrogens is 274 g/mol. The molecule has 108 valence electrons.